The predicted octanol–water partition coefficient (Wildman–Crippen LogP) is 3.74. The minimum atomic E-state index is -0.632. The second-order valence-corrected chi connectivity index (χ2v) is 6.58. The zero-order valence-corrected chi connectivity index (χ0v) is 16.4. The Labute approximate surface area is 176 Å². The summed E-state index contributed by atoms with van der Waals surface area (Å²) in [5.41, 5.74) is 5.81. The lowest BCUT2D eigenvalue weighted by atomic mass is 10.0. The third-order valence-corrected chi connectivity index (χ3v) is 4.58. The Hall–Kier alpha value is -4.60. The van der Waals surface area contributed by atoms with Crippen molar-refractivity contribution in [2.24, 2.45) is 0 Å². The molecular weight excluding hydrogens is 398 g/mol. The number of hydrogen-bond donors (Lipinski definition) is 3. The zero-order valence-electron chi connectivity index (χ0n) is 16.4. The first-order chi connectivity index (χ1) is 15.0. The molecule has 0 aliphatic heterocycles. The number of nitrogens with one attached hydrogen (secondary N) is 3. The predicted molar refractivity (Wildman–Crippen MR) is 116 cm³/mol. The van der Waals surface area contributed by atoms with Crippen LogP contribution in [-0.2, 0) is 0 Å². The van der Waals surface area contributed by atoms with E-state index in [0.29, 0.717) is 11.4 Å². The maximum Gasteiger partial charge on any atom is 0.355 e. The van der Waals surface area contributed by atoms with Gasteiger partial charge in [0.1, 0.15) is 12.1 Å². The highest BCUT2D eigenvalue weighted by atomic mass is 16.6. The highest BCUT2D eigenvalue weighted by Crippen LogP contribution is 2.31. The summed E-state index contributed by atoms with van der Waals surface area (Å²) >= 11 is 0. The summed E-state index contributed by atoms with van der Waals surface area (Å²) in [6.45, 7) is 1.81. The summed E-state index contributed by atoms with van der Waals surface area (Å²) in [7, 11) is 0. The van der Waals surface area contributed by atoms with Gasteiger partial charge in [0, 0.05) is 11.8 Å². The van der Waals surface area contributed by atoms with Crippen LogP contribution in [0.25, 0.3) is 10.8 Å². The smallest absolute Gasteiger partial charge is 0.319 e. The Kier molecular flexibility index (Phi) is 5.35. The van der Waals surface area contributed by atoms with Crippen molar-refractivity contribution in [1.29, 1.82) is 0 Å². The van der Waals surface area contributed by atoms with Gasteiger partial charge in [0.15, 0.2) is 0 Å². The second kappa shape index (κ2) is 8.41. The van der Waals surface area contributed by atoms with Crippen LogP contribution < -0.4 is 16.2 Å². The lowest BCUT2D eigenvalue weighted by Gasteiger charge is -2.12. The van der Waals surface area contributed by atoms with Gasteiger partial charge in [0.2, 0.25) is 11.6 Å². The van der Waals surface area contributed by atoms with Gasteiger partial charge >= 0.3 is 5.69 Å². The Morgan fingerprint density at radius 2 is 1.71 bits per heavy atom. The number of anilines is 3. The van der Waals surface area contributed by atoms with E-state index in [1.54, 1.807) is 24.4 Å². The maximum atomic E-state index is 12.7. The van der Waals surface area contributed by atoms with Crippen molar-refractivity contribution in [3.8, 4) is 0 Å². The Morgan fingerprint density at radius 1 is 0.935 bits per heavy atom. The quantitative estimate of drug-likeness (QED) is 0.320. The van der Waals surface area contributed by atoms with E-state index in [0.717, 1.165) is 22.7 Å². The van der Waals surface area contributed by atoms with Gasteiger partial charge in [-0.15, -0.1) is 0 Å². The van der Waals surface area contributed by atoms with Crippen LogP contribution in [0.15, 0.2) is 67.1 Å². The van der Waals surface area contributed by atoms with E-state index < -0.39 is 16.5 Å². The van der Waals surface area contributed by atoms with E-state index in [9.17, 15) is 14.9 Å². The van der Waals surface area contributed by atoms with E-state index in [4.69, 9.17) is 0 Å². The average molecular weight is 415 g/mol. The molecule has 10 heteroatoms. The lowest BCUT2D eigenvalue weighted by Crippen LogP contribution is -2.30. The monoisotopic (exact) mass is 415 g/mol. The summed E-state index contributed by atoms with van der Waals surface area (Å²) in [6, 6.07) is 16.3. The van der Waals surface area contributed by atoms with Gasteiger partial charge in [-0.2, -0.15) is 0 Å². The van der Waals surface area contributed by atoms with Crippen molar-refractivity contribution in [1.82, 2.24) is 20.4 Å². The third kappa shape index (κ3) is 4.08. The number of carbonyl (C=O) groups is 1. The molecule has 0 fully saturated rings. The molecule has 4 rings (SSSR count). The minimum Gasteiger partial charge on any atom is -0.319 e. The van der Waals surface area contributed by atoms with Gasteiger partial charge in [-0.3, -0.25) is 25.8 Å². The SMILES string of the molecule is Cc1cccnc1Nc1ncnc(NNC(=O)c2cccc3ccccc23)c1[N+](=O)[O-]. The fourth-order valence-corrected chi connectivity index (χ4v) is 3.07. The molecule has 0 saturated heterocycles. The Bertz CT molecular complexity index is 1290. The van der Waals surface area contributed by atoms with E-state index in [1.165, 1.54) is 0 Å². The largest absolute Gasteiger partial charge is 0.355 e. The van der Waals surface area contributed by atoms with Gasteiger partial charge in [-0.25, -0.2) is 15.0 Å². The second-order valence-electron chi connectivity index (χ2n) is 6.58. The number of hydrogen-bond acceptors (Lipinski definition) is 8. The number of carbonyl (C=O) groups excluding carboxylic acids is 1. The number of nitrogens with zero attached hydrogens (tertiary/aromatic N) is 4. The summed E-state index contributed by atoms with van der Waals surface area (Å²) in [5.74, 6) is -0.247. The van der Waals surface area contributed by atoms with Crippen LogP contribution >= 0.6 is 0 Å². The molecule has 4 aromatic rings. The fourth-order valence-electron chi connectivity index (χ4n) is 3.07. The zero-order chi connectivity index (χ0) is 21.8. The first-order valence-corrected chi connectivity index (χ1v) is 9.27. The molecule has 0 unspecified atom stereocenters. The number of aryl methyl sites for hydroxylation is 1. The lowest BCUT2D eigenvalue weighted by molar-refractivity contribution is -0.383. The fraction of sp³-hybridized carbons (Fsp3) is 0.0476. The van der Waals surface area contributed by atoms with Crippen LogP contribution in [0.5, 0.6) is 0 Å². The van der Waals surface area contributed by atoms with E-state index in [-0.39, 0.29) is 11.6 Å². The van der Waals surface area contributed by atoms with E-state index in [2.05, 4.69) is 31.1 Å². The van der Waals surface area contributed by atoms with Crippen molar-refractivity contribution in [2.75, 3.05) is 10.7 Å². The van der Waals surface area contributed by atoms with Crippen LogP contribution in [0, 0.1) is 17.0 Å². The summed E-state index contributed by atoms with van der Waals surface area (Å²) in [4.78, 5) is 35.9. The first kappa shape index (κ1) is 19.7. The van der Waals surface area contributed by atoms with Crippen molar-refractivity contribution in [2.45, 2.75) is 6.92 Å². The van der Waals surface area contributed by atoms with Crippen molar-refractivity contribution >= 4 is 39.8 Å². The number of benzene rings is 2. The van der Waals surface area contributed by atoms with E-state index in [1.807, 2.05) is 43.3 Å². The number of aromatic nitrogens is 3. The average Bonchev–Trinajstić information content (AvgIpc) is 2.78. The van der Waals surface area contributed by atoms with Crippen LogP contribution in [0.1, 0.15) is 15.9 Å². The number of fused-ring (bicyclic) bond motifs is 1. The molecule has 0 aliphatic rings. The highest BCUT2D eigenvalue weighted by molar-refractivity contribution is 6.07. The molecule has 0 atom stereocenters. The van der Waals surface area contributed by atoms with Gasteiger partial charge in [0.25, 0.3) is 5.91 Å². The third-order valence-electron chi connectivity index (χ3n) is 4.58. The molecule has 0 radical (unpaired) electrons. The number of hydrazine groups is 1. The minimum absolute atomic E-state index is 0.0521. The molecule has 31 heavy (non-hydrogen) atoms. The number of rotatable bonds is 6. The van der Waals surface area contributed by atoms with Crippen molar-refractivity contribution in [3.05, 3.63) is 88.4 Å². The molecule has 1 amide bonds. The number of nitro groups is 1. The summed E-state index contributed by atoms with van der Waals surface area (Å²) in [6.07, 6.45) is 2.71. The Morgan fingerprint density at radius 3 is 2.52 bits per heavy atom. The van der Waals surface area contributed by atoms with Crippen LogP contribution in [0.3, 0.4) is 0 Å². The molecular formula is C21H17N7O3. The molecule has 2 aromatic carbocycles. The summed E-state index contributed by atoms with van der Waals surface area (Å²) in [5, 5.41) is 16.2. The Balaban J connectivity index is 1.60. The first-order valence-electron chi connectivity index (χ1n) is 9.27. The molecule has 10 nitrogen and oxygen atoms in total. The standard InChI is InChI=1S/C21H17N7O3/c1-13-6-5-11-22-18(13)25-19-17(28(30)31)20(24-12-23-19)26-27-21(29)16-10-4-8-14-7-2-3-9-15(14)16/h2-12H,1H3,(H,27,29)(H2,22,23,24,25,26). The van der Waals surface area contributed by atoms with Crippen LogP contribution in [0.4, 0.5) is 23.1 Å². The topological polar surface area (TPSA) is 135 Å². The molecule has 0 spiro atoms. The van der Waals surface area contributed by atoms with Gasteiger partial charge in [-0.05, 0) is 35.4 Å². The summed E-state index contributed by atoms with van der Waals surface area (Å²) < 4.78 is 0. The highest BCUT2D eigenvalue weighted by Gasteiger charge is 2.24. The van der Waals surface area contributed by atoms with Crippen molar-refractivity contribution in [3.63, 3.8) is 0 Å². The van der Waals surface area contributed by atoms with E-state index >= 15 is 0 Å². The van der Waals surface area contributed by atoms with Crippen LogP contribution in [0.2, 0.25) is 0 Å². The number of pyridine rings is 1. The molecule has 0 aliphatic carbocycles. The molecule has 0 saturated carbocycles. The van der Waals surface area contributed by atoms with Crippen LogP contribution in [-0.4, -0.2) is 25.8 Å². The van der Waals surface area contributed by atoms with Crippen molar-refractivity contribution < 1.29 is 9.72 Å². The molecule has 2 aromatic heterocycles. The number of amides is 1. The van der Waals surface area contributed by atoms with Gasteiger partial charge in [0.05, 0.1) is 4.92 Å². The van der Waals surface area contributed by atoms with Gasteiger partial charge in [-0.1, -0.05) is 42.5 Å². The van der Waals surface area contributed by atoms with Gasteiger partial charge < -0.3 is 5.32 Å². The molecule has 2 heterocycles. The molecule has 3 N–H and O–H groups in total. The normalized spacial score (nSPS) is 10.5. The molecule has 0 bridgehead atoms. The maximum absolute atomic E-state index is 12.7. The molecule has 154 valence electrons.